The molecular formula is C29H35N3O2S. The van der Waals surface area contributed by atoms with Gasteiger partial charge in [0, 0.05) is 19.5 Å². The monoisotopic (exact) mass is 489 g/mol. The molecule has 2 aromatic heterocycles. The minimum absolute atomic E-state index is 0.0309. The summed E-state index contributed by atoms with van der Waals surface area (Å²) in [5.74, 6) is 2.18. The molecule has 4 rings (SSSR count). The second-order valence-corrected chi connectivity index (χ2v) is 9.91. The highest BCUT2D eigenvalue weighted by Crippen LogP contribution is 2.22. The number of thiophene rings is 1. The van der Waals surface area contributed by atoms with Gasteiger partial charge in [-0.15, -0.1) is 11.3 Å². The molecule has 0 atom stereocenters. The van der Waals surface area contributed by atoms with E-state index in [4.69, 9.17) is 9.72 Å². The van der Waals surface area contributed by atoms with Crippen LogP contribution in [0.25, 0.3) is 11.0 Å². The third kappa shape index (κ3) is 6.73. The van der Waals surface area contributed by atoms with Crippen molar-refractivity contribution in [3.05, 3.63) is 81.8 Å². The molecule has 0 saturated heterocycles. The van der Waals surface area contributed by atoms with E-state index in [1.165, 1.54) is 28.0 Å². The number of benzene rings is 2. The summed E-state index contributed by atoms with van der Waals surface area (Å²) in [6.45, 7) is 6.63. The van der Waals surface area contributed by atoms with E-state index in [9.17, 15) is 4.79 Å². The van der Waals surface area contributed by atoms with Gasteiger partial charge in [0.2, 0.25) is 0 Å². The van der Waals surface area contributed by atoms with Crippen LogP contribution in [0.5, 0.6) is 5.75 Å². The molecule has 0 fully saturated rings. The molecule has 0 bridgehead atoms. The number of hydrogen-bond donors (Lipinski definition) is 1. The van der Waals surface area contributed by atoms with Crippen molar-refractivity contribution < 1.29 is 9.53 Å². The highest BCUT2D eigenvalue weighted by atomic mass is 32.1. The molecule has 0 spiro atoms. The molecule has 1 N–H and O–H groups in total. The van der Waals surface area contributed by atoms with Crippen molar-refractivity contribution in [2.45, 2.75) is 58.9 Å². The third-order valence-electron chi connectivity index (χ3n) is 6.43. The molecule has 1 amide bonds. The van der Waals surface area contributed by atoms with Gasteiger partial charge < -0.3 is 14.6 Å². The van der Waals surface area contributed by atoms with E-state index in [1.54, 1.807) is 0 Å². The summed E-state index contributed by atoms with van der Waals surface area (Å²) in [5.41, 5.74) is 4.77. The lowest BCUT2D eigenvalue weighted by atomic mass is 10.1. The van der Waals surface area contributed by atoms with Crippen molar-refractivity contribution in [2.24, 2.45) is 0 Å². The summed E-state index contributed by atoms with van der Waals surface area (Å²) in [4.78, 5) is 17.7. The fraction of sp³-hybridized carbons (Fsp3) is 0.379. The summed E-state index contributed by atoms with van der Waals surface area (Å²) >= 11 is 1.48. The lowest BCUT2D eigenvalue weighted by Crippen LogP contribution is -2.23. The Morgan fingerprint density at radius 3 is 2.71 bits per heavy atom. The number of para-hydroxylation sites is 2. The van der Waals surface area contributed by atoms with E-state index < -0.39 is 0 Å². The van der Waals surface area contributed by atoms with Crippen LogP contribution in [-0.2, 0) is 13.0 Å². The Morgan fingerprint density at radius 1 is 0.971 bits per heavy atom. The van der Waals surface area contributed by atoms with E-state index in [0.29, 0.717) is 6.54 Å². The van der Waals surface area contributed by atoms with Gasteiger partial charge in [-0.1, -0.05) is 36.8 Å². The Hall–Kier alpha value is -3.12. The molecule has 0 radical (unpaired) electrons. The number of hydrogen-bond acceptors (Lipinski definition) is 4. The lowest BCUT2D eigenvalue weighted by molar-refractivity contribution is 0.0957. The molecule has 35 heavy (non-hydrogen) atoms. The molecule has 4 aromatic rings. The molecule has 184 valence electrons. The summed E-state index contributed by atoms with van der Waals surface area (Å²) < 4.78 is 8.42. The zero-order chi connectivity index (χ0) is 24.5. The minimum atomic E-state index is 0.0309. The Morgan fingerprint density at radius 2 is 1.86 bits per heavy atom. The number of unbranched alkanes of at least 4 members (excludes halogenated alkanes) is 3. The van der Waals surface area contributed by atoms with E-state index in [0.717, 1.165) is 73.6 Å². The van der Waals surface area contributed by atoms with Gasteiger partial charge in [0.25, 0.3) is 5.91 Å². The molecule has 0 saturated carbocycles. The zero-order valence-electron chi connectivity index (χ0n) is 20.8. The third-order valence-corrected chi connectivity index (χ3v) is 7.30. The molecular weight excluding hydrogens is 454 g/mol. The van der Waals surface area contributed by atoms with E-state index in [-0.39, 0.29) is 5.91 Å². The van der Waals surface area contributed by atoms with Crippen LogP contribution in [0, 0.1) is 13.8 Å². The number of carbonyl (C=O) groups is 1. The van der Waals surface area contributed by atoms with Crippen molar-refractivity contribution >= 4 is 28.3 Å². The van der Waals surface area contributed by atoms with Crippen molar-refractivity contribution in [3.63, 3.8) is 0 Å². The molecule has 0 aliphatic rings. The number of carbonyl (C=O) groups excluding carboxylic acids is 1. The Kier molecular flexibility index (Phi) is 8.96. The Bertz CT molecular complexity index is 1230. The lowest BCUT2D eigenvalue weighted by Gasteiger charge is -2.12. The Labute approximate surface area is 212 Å². The SMILES string of the molecule is Cc1cccc(OCCCCn2c(CCCCCNC(=O)c3cccs3)nc3ccccc32)c1C. The maximum absolute atomic E-state index is 12.0. The topological polar surface area (TPSA) is 56.1 Å². The predicted octanol–water partition coefficient (Wildman–Crippen LogP) is 6.72. The van der Waals surface area contributed by atoms with Gasteiger partial charge in [-0.2, -0.15) is 0 Å². The number of nitrogens with one attached hydrogen (secondary N) is 1. The summed E-state index contributed by atoms with van der Waals surface area (Å²) in [7, 11) is 0. The van der Waals surface area contributed by atoms with E-state index in [1.807, 2.05) is 17.5 Å². The van der Waals surface area contributed by atoms with Gasteiger partial charge in [0.1, 0.15) is 11.6 Å². The van der Waals surface area contributed by atoms with E-state index >= 15 is 0 Å². The first kappa shape index (κ1) is 25.0. The first-order valence-corrected chi connectivity index (χ1v) is 13.5. The van der Waals surface area contributed by atoms with Gasteiger partial charge >= 0.3 is 0 Å². The zero-order valence-corrected chi connectivity index (χ0v) is 21.6. The molecule has 0 aliphatic heterocycles. The van der Waals surface area contributed by atoms with Gasteiger partial charge in [-0.25, -0.2) is 4.98 Å². The standard InChI is InChI=1S/C29H35N3O2S/c1-22-12-10-15-26(23(22)2)34-20-9-8-19-32-25-14-6-5-13-24(25)31-28(32)17-4-3-7-18-30-29(33)27-16-11-21-35-27/h5-6,10-16,21H,3-4,7-9,17-20H2,1-2H3,(H,30,33). The van der Waals surface area contributed by atoms with Gasteiger partial charge in [-0.05, 0) is 80.3 Å². The number of ether oxygens (including phenoxy) is 1. The fourth-order valence-corrected chi connectivity index (χ4v) is 4.92. The second-order valence-electron chi connectivity index (χ2n) is 8.97. The van der Waals surface area contributed by atoms with Crippen LogP contribution in [0.15, 0.2) is 60.0 Å². The predicted molar refractivity (Wildman–Crippen MR) is 145 cm³/mol. The van der Waals surface area contributed by atoms with Crippen LogP contribution < -0.4 is 10.1 Å². The van der Waals surface area contributed by atoms with Crippen LogP contribution >= 0.6 is 11.3 Å². The summed E-state index contributed by atoms with van der Waals surface area (Å²) in [5, 5.41) is 4.94. The second kappa shape index (κ2) is 12.5. The quantitative estimate of drug-likeness (QED) is 0.212. The number of fused-ring (bicyclic) bond motifs is 1. The average molecular weight is 490 g/mol. The molecule has 5 nitrogen and oxygen atoms in total. The number of rotatable bonds is 13. The minimum Gasteiger partial charge on any atom is -0.493 e. The average Bonchev–Trinajstić information content (AvgIpc) is 3.52. The largest absolute Gasteiger partial charge is 0.493 e. The van der Waals surface area contributed by atoms with Crippen molar-refractivity contribution in [1.82, 2.24) is 14.9 Å². The van der Waals surface area contributed by atoms with Gasteiger partial charge in [-0.3, -0.25) is 4.79 Å². The fourth-order valence-electron chi connectivity index (χ4n) is 4.28. The van der Waals surface area contributed by atoms with Crippen LogP contribution in [0.1, 0.15) is 58.7 Å². The van der Waals surface area contributed by atoms with Gasteiger partial charge in [0.15, 0.2) is 0 Å². The van der Waals surface area contributed by atoms with Crippen LogP contribution in [0.3, 0.4) is 0 Å². The van der Waals surface area contributed by atoms with Gasteiger partial charge in [0.05, 0.1) is 22.5 Å². The first-order chi connectivity index (χ1) is 17.1. The maximum Gasteiger partial charge on any atom is 0.261 e. The number of imidazole rings is 1. The smallest absolute Gasteiger partial charge is 0.261 e. The van der Waals surface area contributed by atoms with Crippen LogP contribution in [0.4, 0.5) is 0 Å². The Balaban J connectivity index is 1.23. The number of nitrogens with zero attached hydrogens (tertiary/aromatic N) is 2. The van der Waals surface area contributed by atoms with Crippen molar-refractivity contribution in [3.8, 4) is 5.75 Å². The van der Waals surface area contributed by atoms with Crippen LogP contribution in [-0.4, -0.2) is 28.6 Å². The normalized spacial score (nSPS) is 11.1. The number of aryl methyl sites for hydroxylation is 3. The highest BCUT2D eigenvalue weighted by Gasteiger charge is 2.11. The summed E-state index contributed by atoms with van der Waals surface area (Å²) in [6.07, 6.45) is 6.11. The first-order valence-electron chi connectivity index (χ1n) is 12.6. The summed E-state index contributed by atoms with van der Waals surface area (Å²) in [6, 6.07) is 18.4. The van der Waals surface area contributed by atoms with E-state index in [2.05, 4.69) is 66.2 Å². The van der Waals surface area contributed by atoms with Crippen molar-refractivity contribution in [1.29, 1.82) is 0 Å². The molecule has 2 heterocycles. The van der Waals surface area contributed by atoms with Crippen molar-refractivity contribution in [2.75, 3.05) is 13.2 Å². The maximum atomic E-state index is 12.0. The molecule has 2 aromatic carbocycles. The molecule has 0 aliphatic carbocycles. The van der Waals surface area contributed by atoms with Crippen LogP contribution in [0.2, 0.25) is 0 Å². The molecule has 0 unspecified atom stereocenters. The number of aromatic nitrogens is 2. The molecule has 6 heteroatoms. The highest BCUT2D eigenvalue weighted by molar-refractivity contribution is 7.12. The number of amides is 1.